The van der Waals surface area contributed by atoms with E-state index in [1.165, 1.54) is 0 Å². The number of hydrogen-bond donors (Lipinski definition) is 1. The Morgan fingerprint density at radius 2 is 2.21 bits per heavy atom. The molecule has 0 spiro atoms. The lowest BCUT2D eigenvalue weighted by Crippen LogP contribution is -2.53. The molecule has 1 saturated heterocycles. The van der Waals surface area contributed by atoms with Crippen molar-refractivity contribution in [3.63, 3.8) is 0 Å². The Morgan fingerprint density at radius 1 is 1.42 bits per heavy atom. The minimum Gasteiger partial charge on any atom is -0.330 e. The Bertz CT molecular complexity index is 494. The van der Waals surface area contributed by atoms with Crippen molar-refractivity contribution in [3.8, 4) is 0 Å². The van der Waals surface area contributed by atoms with Crippen LogP contribution in [0.15, 0.2) is 18.2 Å². The highest BCUT2D eigenvalue weighted by molar-refractivity contribution is 6.35. The summed E-state index contributed by atoms with van der Waals surface area (Å²) in [5, 5.41) is 4.04. The first-order chi connectivity index (χ1) is 9.11. The van der Waals surface area contributed by atoms with E-state index in [0.717, 1.165) is 11.8 Å². The van der Waals surface area contributed by atoms with Crippen LogP contribution in [-0.4, -0.2) is 42.8 Å². The molecule has 1 aliphatic rings. The molecule has 0 saturated carbocycles. The van der Waals surface area contributed by atoms with Gasteiger partial charge in [-0.1, -0.05) is 29.3 Å². The fourth-order valence-electron chi connectivity index (χ4n) is 2.12. The number of piperazine rings is 1. The smallest absolute Gasteiger partial charge is 0.237 e. The van der Waals surface area contributed by atoms with E-state index in [2.05, 4.69) is 5.32 Å². The molecule has 1 atom stereocenters. The predicted molar refractivity (Wildman–Crippen MR) is 74.6 cm³/mol. The van der Waals surface area contributed by atoms with E-state index in [4.69, 9.17) is 23.2 Å². The van der Waals surface area contributed by atoms with Crippen molar-refractivity contribution in [2.75, 3.05) is 19.6 Å². The maximum absolute atomic E-state index is 11.8. The van der Waals surface area contributed by atoms with Gasteiger partial charge in [-0.3, -0.25) is 4.79 Å². The third-order valence-electron chi connectivity index (χ3n) is 3.13. The molecule has 1 unspecified atom stereocenters. The van der Waals surface area contributed by atoms with Gasteiger partial charge in [0.05, 0.1) is 12.6 Å². The van der Waals surface area contributed by atoms with Gasteiger partial charge in [-0.15, -0.1) is 0 Å². The molecule has 4 nitrogen and oxygen atoms in total. The fourth-order valence-corrected chi connectivity index (χ4v) is 2.60. The molecule has 0 aliphatic carbocycles. The van der Waals surface area contributed by atoms with Crippen LogP contribution in [0.4, 0.5) is 0 Å². The Balaban J connectivity index is 2.14. The number of nitrogens with one attached hydrogen (secondary N) is 1. The molecule has 0 aromatic heterocycles. The van der Waals surface area contributed by atoms with Gasteiger partial charge in [-0.2, -0.15) is 0 Å². The van der Waals surface area contributed by atoms with Gasteiger partial charge in [0.1, 0.15) is 6.29 Å². The molecule has 102 valence electrons. The lowest BCUT2D eigenvalue weighted by Gasteiger charge is -2.32. The first-order valence-corrected chi connectivity index (χ1v) is 6.77. The van der Waals surface area contributed by atoms with Crippen LogP contribution in [0.2, 0.25) is 10.0 Å². The standard InChI is InChI=1S/C13H14Cl2N2O2/c14-10-2-1-9(12(15)6-10)5-11(8-18)17-4-3-16-7-13(17)19/h1-2,6,8,11,16H,3-5,7H2. The molecule has 1 N–H and O–H groups in total. The molecule has 1 fully saturated rings. The van der Waals surface area contributed by atoms with Gasteiger partial charge in [-0.25, -0.2) is 0 Å². The number of carbonyl (C=O) groups excluding carboxylic acids is 2. The number of hydrogen-bond acceptors (Lipinski definition) is 3. The number of amides is 1. The van der Waals surface area contributed by atoms with Crippen molar-refractivity contribution in [1.29, 1.82) is 0 Å². The molecular formula is C13H14Cl2N2O2. The molecule has 0 bridgehead atoms. The second kappa shape index (κ2) is 6.37. The zero-order valence-corrected chi connectivity index (χ0v) is 11.7. The van der Waals surface area contributed by atoms with Crippen molar-refractivity contribution >= 4 is 35.4 Å². The quantitative estimate of drug-likeness (QED) is 0.858. The van der Waals surface area contributed by atoms with E-state index >= 15 is 0 Å². The summed E-state index contributed by atoms with van der Waals surface area (Å²) in [5.74, 6) is -0.0616. The summed E-state index contributed by atoms with van der Waals surface area (Å²) in [6.45, 7) is 1.51. The fraction of sp³-hybridized carbons (Fsp3) is 0.385. The van der Waals surface area contributed by atoms with Gasteiger partial charge in [-0.05, 0) is 17.7 Å². The summed E-state index contributed by atoms with van der Waals surface area (Å²) in [6, 6.07) is 4.67. The summed E-state index contributed by atoms with van der Waals surface area (Å²) in [7, 11) is 0. The molecular weight excluding hydrogens is 287 g/mol. The van der Waals surface area contributed by atoms with Crippen LogP contribution in [0.25, 0.3) is 0 Å². The Kier molecular flexibility index (Phi) is 4.80. The van der Waals surface area contributed by atoms with Crippen LogP contribution in [0.5, 0.6) is 0 Å². The zero-order valence-electron chi connectivity index (χ0n) is 10.2. The number of aldehydes is 1. The van der Waals surface area contributed by atoms with E-state index in [9.17, 15) is 9.59 Å². The normalized spacial score (nSPS) is 17.4. The van der Waals surface area contributed by atoms with Gasteiger partial charge in [0.2, 0.25) is 5.91 Å². The van der Waals surface area contributed by atoms with Gasteiger partial charge < -0.3 is 15.0 Å². The Hall–Kier alpha value is -1.10. The number of halogens is 2. The van der Waals surface area contributed by atoms with Gasteiger partial charge in [0, 0.05) is 29.6 Å². The molecule has 1 aliphatic heterocycles. The van der Waals surface area contributed by atoms with E-state index in [-0.39, 0.29) is 12.5 Å². The first kappa shape index (κ1) is 14.3. The van der Waals surface area contributed by atoms with Crippen molar-refractivity contribution in [2.24, 2.45) is 0 Å². The average Bonchev–Trinajstić information content (AvgIpc) is 2.39. The topological polar surface area (TPSA) is 49.4 Å². The molecule has 6 heteroatoms. The van der Waals surface area contributed by atoms with Crippen LogP contribution >= 0.6 is 23.2 Å². The van der Waals surface area contributed by atoms with Crippen LogP contribution in [0.1, 0.15) is 5.56 Å². The van der Waals surface area contributed by atoms with E-state index in [1.54, 1.807) is 23.1 Å². The summed E-state index contributed by atoms with van der Waals surface area (Å²) in [5.41, 5.74) is 0.814. The van der Waals surface area contributed by atoms with Crippen molar-refractivity contribution in [2.45, 2.75) is 12.5 Å². The maximum atomic E-state index is 11.8. The van der Waals surface area contributed by atoms with Gasteiger partial charge in [0.25, 0.3) is 0 Å². The van der Waals surface area contributed by atoms with Crippen LogP contribution in [-0.2, 0) is 16.0 Å². The molecule has 0 radical (unpaired) electrons. The largest absolute Gasteiger partial charge is 0.330 e. The van der Waals surface area contributed by atoms with Crippen molar-refractivity contribution in [1.82, 2.24) is 10.2 Å². The molecule has 1 amide bonds. The summed E-state index contributed by atoms with van der Waals surface area (Å²) < 4.78 is 0. The number of benzene rings is 1. The van der Waals surface area contributed by atoms with Crippen LogP contribution < -0.4 is 5.32 Å². The van der Waals surface area contributed by atoms with Crippen molar-refractivity contribution < 1.29 is 9.59 Å². The molecule has 19 heavy (non-hydrogen) atoms. The highest BCUT2D eigenvalue weighted by Gasteiger charge is 2.26. The molecule has 1 aromatic rings. The van der Waals surface area contributed by atoms with Gasteiger partial charge >= 0.3 is 0 Å². The van der Waals surface area contributed by atoms with E-state index < -0.39 is 6.04 Å². The maximum Gasteiger partial charge on any atom is 0.237 e. The Morgan fingerprint density at radius 3 is 2.84 bits per heavy atom. The van der Waals surface area contributed by atoms with Crippen LogP contribution in [0.3, 0.4) is 0 Å². The van der Waals surface area contributed by atoms with Crippen molar-refractivity contribution in [3.05, 3.63) is 33.8 Å². The highest BCUT2D eigenvalue weighted by Crippen LogP contribution is 2.23. The SMILES string of the molecule is O=CC(Cc1ccc(Cl)cc1Cl)N1CCNCC1=O. The monoisotopic (exact) mass is 300 g/mol. The third kappa shape index (κ3) is 3.47. The summed E-state index contributed by atoms with van der Waals surface area (Å²) in [6.07, 6.45) is 1.21. The first-order valence-electron chi connectivity index (χ1n) is 6.01. The number of nitrogens with zero attached hydrogens (tertiary/aromatic N) is 1. The van der Waals surface area contributed by atoms with E-state index in [0.29, 0.717) is 29.6 Å². The zero-order chi connectivity index (χ0) is 13.8. The number of rotatable bonds is 4. The van der Waals surface area contributed by atoms with E-state index in [1.807, 2.05) is 0 Å². The summed E-state index contributed by atoms with van der Waals surface area (Å²) >= 11 is 11.9. The minimum absolute atomic E-state index is 0.0616. The Labute approximate surface area is 121 Å². The predicted octanol–water partition coefficient (Wildman–Crippen LogP) is 1.54. The third-order valence-corrected chi connectivity index (χ3v) is 3.71. The molecule has 1 aromatic carbocycles. The summed E-state index contributed by atoms with van der Waals surface area (Å²) in [4.78, 5) is 24.6. The van der Waals surface area contributed by atoms with Gasteiger partial charge in [0.15, 0.2) is 0 Å². The lowest BCUT2D eigenvalue weighted by molar-refractivity contribution is -0.137. The minimum atomic E-state index is -0.478. The number of carbonyl (C=O) groups is 2. The van der Waals surface area contributed by atoms with Crippen LogP contribution in [0, 0.1) is 0 Å². The average molecular weight is 301 g/mol. The highest BCUT2D eigenvalue weighted by atomic mass is 35.5. The second-order valence-corrected chi connectivity index (χ2v) is 5.25. The second-order valence-electron chi connectivity index (χ2n) is 4.41. The molecule has 1 heterocycles. The lowest BCUT2D eigenvalue weighted by atomic mass is 10.0. The molecule has 2 rings (SSSR count).